The molecule has 0 aliphatic rings. The molecule has 1 aromatic rings. The van der Waals surface area contributed by atoms with Crippen LogP contribution in [0.3, 0.4) is 0 Å². The van der Waals surface area contributed by atoms with Crippen LogP contribution in [0.1, 0.15) is 26.0 Å². The van der Waals surface area contributed by atoms with Gasteiger partial charge in [-0.15, -0.1) is 5.10 Å². The fraction of sp³-hybridized carbons (Fsp3) is 0.571. The van der Waals surface area contributed by atoms with Gasteiger partial charge in [0.15, 0.2) is 5.92 Å². The van der Waals surface area contributed by atoms with Gasteiger partial charge < -0.3 is 9.47 Å². The molecule has 1 aromatic heterocycles. The van der Waals surface area contributed by atoms with Crippen molar-refractivity contribution in [3.05, 3.63) is 11.9 Å². The Morgan fingerprint density at radius 2 is 2.09 bits per heavy atom. The van der Waals surface area contributed by atoms with Gasteiger partial charge in [-0.1, -0.05) is 5.21 Å². The second kappa shape index (κ2) is 7.90. The van der Waals surface area contributed by atoms with Crippen LogP contribution in [-0.4, -0.2) is 40.6 Å². The van der Waals surface area contributed by atoms with Crippen LogP contribution in [0.2, 0.25) is 0 Å². The molecule has 1 rings (SSSR count). The van der Waals surface area contributed by atoms with Crippen molar-refractivity contribution in [2.75, 3.05) is 13.7 Å². The molecule has 1 atom stereocenters. The number of carbonyl (C=O) groups is 2. The van der Waals surface area contributed by atoms with E-state index in [2.05, 4.69) is 15.0 Å². The standard InChI is InChI=1S/C14H17N5O4/c1-4-23-13(21)14(2,10(7-15)8-16)11-9-19(18-17-11)6-5-12(20)22-3/h9-10H,4-6H2,1-3H3. The van der Waals surface area contributed by atoms with Gasteiger partial charge in [-0.2, -0.15) is 10.5 Å². The number of hydrogen-bond acceptors (Lipinski definition) is 8. The first-order chi connectivity index (χ1) is 10.9. The lowest BCUT2D eigenvalue weighted by atomic mass is 9.76. The molecule has 1 heterocycles. The quantitative estimate of drug-likeness (QED) is 0.657. The molecule has 0 radical (unpaired) electrons. The van der Waals surface area contributed by atoms with Gasteiger partial charge in [0.25, 0.3) is 0 Å². The van der Waals surface area contributed by atoms with E-state index in [1.165, 1.54) is 24.9 Å². The summed E-state index contributed by atoms with van der Waals surface area (Å²) < 4.78 is 10.8. The molecule has 0 aliphatic carbocycles. The summed E-state index contributed by atoms with van der Waals surface area (Å²) >= 11 is 0. The first kappa shape index (κ1) is 18.1. The van der Waals surface area contributed by atoms with Crippen LogP contribution < -0.4 is 0 Å². The molecule has 0 aromatic carbocycles. The molecule has 0 fully saturated rings. The van der Waals surface area contributed by atoms with Crippen LogP contribution >= 0.6 is 0 Å². The minimum absolute atomic E-state index is 0.0787. The van der Waals surface area contributed by atoms with E-state index < -0.39 is 23.3 Å². The molecule has 0 amide bonds. The molecule has 9 heteroatoms. The zero-order valence-electron chi connectivity index (χ0n) is 13.1. The Morgan fingerprint density at radius 3 is 2.61 bits per heavy atom. The van der Waals surface area contributed by atoms with Gasteiger partial charge >= 0.3 is 11.9 Å². The number of methoxy groups -OCH3 is 1. The van der Waals surface area contributed by atoms with Crippen LogP contribution in [0.25, 0.3) is 0 Å². The van der Waals surface area contributed by atoms with Gasteiger partial charge in [0.1, 0.15) is 11.1 Å². The zero-order valence-corrected chi connectivity index (χ0v) is 13.1. The number of hydrogen-bond donors (Lipinski definition) is 0. The first-order valence-electron chi connectivity index (χ1n) is 6.87. The Hall–Kier alpha value is -2.94. The summed E-state index contributed by atoms with van der Waals surface area (Å²) in [5.41, 5.74) is -1.43. The van der Waals surface area contributed by atoms with Gasteiger partial charge in [0, 0.05) is 6.20 Å². The van der Waals surface area contributed by atoms with E-state index in [4.69, 9.17) is 15.3 Å². The molecule has 0 bridgehead atoms. The van der Waals surface area contributed by atoms with Crippen LogP contribution in [0.15, 0.2) is 6.20 Å². The average molecular weight is 319 g/mol. The highest BCUT2D eigenvalue weighted by Gasteiger charge is 2.47. The summed E-state index contributed by atoms with van der Waals surface area (Å²) in [6.07, 6.45) is 1.50. The predicted octanol–water partition coefficient (Wildman–Crippen LogP) is 0.325. The molecule has 9 nitrogen and oxygen atoms in total. The van der Waals surface area contributed by atoms with Crippen LogP contribution in [0, 0.1) is 28.6 Å². The third kappa shape index (κ3) is 3.83. The molecule has 122 valence electrons. The van der Waals surface area contributed by atoms with Gasteiger partial charge in [0.2, 0.25) is 0 Å². The number of nitrogens with zero attached hydrogens (tertiary/aromatic N) is 5. The van der Waals surface area contributed by atoms with E-state index in [1.807, 2.05) is 0 Å². The zero-order chi connectivity index (χ0) is 17.5. The molecule has 0 saturated heterocycles. The van der Waals surface area contributed by atoms with Crippen molar-refractivity contribution in [2.45, 2.75) is 32.2 Å². The highest BCUT2D eigenvalue weighted by atomic mass is 16.5. The van der Waals surface area contributed by atoms with Crippen molar-refractivity contribution < 1.29 is 19.1 Å². The van der Waals surface area contributed by atoms with Crippen molar-refractivity contribution >= 4 is 11.9 Å². The Bertz CT molecular complexity index is 643. The number of nitriles is 2. The summed E-state index contributed by atoms with van der Waals surface area (Å²) in [7, 11) is 1.28. The summed E-state index contributed by atoms with van der Waals surface area (Å²) in [5, 5.41) is 26.0. The largest absolute Gasteiger partial charge is 0.469 e. The van der Waals surface area contributed by atoms with E-state index in [0.717, 1.165) is 0 Å². The number of rotatable bonds is 7. The molecule has 0 saturated carbocycles. The monoisotopic (exact) mass is 319 g/mol. The maximum Gasteiger partial charge on any atom is 0.320 e. The van der Waals surface area contributed by atoms with E-state index in [0.29, 0.717) is 0 Å². The normalized spacial score (nSPS) is 12.8. The van der Waals surface area contributed by atoms with Gasteiger partial charge in [-0.25, -0.2) is 0 Å². The maximum absolute atomic E-state index is 12.3. The van der Waals surface area contributed by atoms with Gasteiger partial charge in [-0.05, 0) is 13.8 Å². The second-order valence-electron chi connectivity index (χ2n) is 4.81. The maximum atomic E-state index is 12.3. The van der Waals surface area contributed by atoms with Gasteiger partial charge in [-0.3, -0.25) is 14.3 Å². The van der Waals surface area contributed by atoms with Crippen molar-refractivity contribution in [1.82, 2.24) is 15.0 Å². The van der Waals surface area contributed by atoms with E-state index in [9.17, 15) is 9.59 Å². The minimum atomic E-state index is -1.57. The Labute approximate surface area is 133 Å². The fourth-order valence-corrected chi connectivity index (χ4v) is 1.89. The Morgan fingerprint density at radius 1 is 1.43 bits per heavy atom. The number of carbonyl (C=O) groups excluding carboxylic acids is 2. The number of ether oxygens (including phenoxy) is 2. The van der Waals surface area contributed by atoms with Crippen LogP contribution in [-0.2, 0) is 31.0 Å². The van der Waals surface area contributed by atoms with Crippen molar-refractivity contribution in [3.63, 3.8) is 0 Å². The summed E-state index contributed by atoms with van der Waals surface area (Å²) in [6.45, 7) is 3.34. The van der Waals surface area contributed by atoms with Crippen molar-refractivity contribution in [1.29, 1.82) is 10.5 Å². The van der Waals surface area contributed by atoms with Crippen LogP contribution in [0.4, 0.5) is 0 Å². The molecule has 0 N–H and O–H groups in total. The van der Waals surface area contributed by atoms with Crippen molar-refractivity contribution in [2.24, 2.45) is 5.92 Å². The van der Waals surface area contributed by atoms with Crippen molar-refractivity contribution in [3.8, 4) is 12.1 Å². The fourth-order valence-electron chi connectivity index (χ4n) is 1.89. The molecule has 1 unspecified atom stereocenters. The SMILES string of the molecule is CCOC(=O)C(C)(c1cn(CCC(=O)OC)nn1)C(C#N)C#N. The predicted molar refractivity (Wildman–Crippen MR) is 75.4 cm³/mol. The van der Waals surface area contributed by atoms with E-state index in [1.54, 1.807) is 19.1 Å². The average Bonchev–Trinajstić information content (AvgIpc) is 3.03. The third-order valence-electron chi connectivity index (χ3n) is 3.38. The lowest BCUT2D eigenvalue weighted by molar-refractivity contribution is -0.150. The Kier molecular flexibility index (Phi) is 6.22. The second-order valence-corrected chi connectivity index (χ2v) is 4.81. The Balaban J connectivity index is 3.12. The van der Waals surface area contributed by atoms with E-state index >= 15 is 0 Å². The lowest BCUT2D eigenvalue weighted by Crippen LogP contribution is -2.41. The smallest absolute Gasteiger partial charge is 0.320 e. The number of aromatic nitrogens is 3. The number of aryl methyl sites for hydroxylation is 1. The topological polar surface area (TPSA) is 131 Å². The first-order valence-corrected chi connectivity index (χ1v) is 6.87. The number of esters is 2. The summed E-state index contributed by atoms with van der Waals surface area (Å²) in [5.74, 6) is -2.43. The highest BCUT2D eigenvalue weighted by molar-refractivity contribution is 5.83. The lowest BCUT2D eigenvalue weighted by Gasteiger charge is -2.25. The molecule has 0 aliphatic heterocycles. The molecular formula is C14H17N5O4. The van der Waals surface area contributed by atoms with Gasteiger partial charge in [0.05, 0.1) is 38.8 Å². The summed E-state index contributed by atoms with van der Waals surface area (Å²) in [6, 6.07) is 3.57. The van der Waals surface area contributed by atoms with E-state index in [-0.39, 0.29) is 25.3 Å². The third-order valence-corrected chi connectivity index (χ3v) is 3.38. The molecule has 0 spiro atoms. The highest BCUT2D eigenvalue weighted by Crippen LogP contribution is 2.32. The summed E-state index contributed by atoms with van der Waals surface area (Å²) in [4.78, 5) is 23.4. The molecular weight excluding hydrogens is 302 g/mol. The minimum Gasteiger partial charge on any atom is -0.469 e. The van der Waals surface area contributed by atoms with Crippen LogP contribution in [0.5, 0.6) is 0 Å². The molecule has 23 heavy (non-hydrogen) atoms.